The highest BCUT2D eigenvalue weighted by Gasteiger charge is 2.06. The first-order valence-corrected chi connectivity index (χ1v) is 5.89. The zero-order valence-electron chi connectivity index (χ0n) is 10.2. The van der Waals surface area contributed by atoms with Gasteiger partial charge < -0.3 is 5.32 Å². The van der Waals surface area contributed by atoms with Crippen LogP contribution >= 0.6 is 0 Å². The third kappa shape index (κ3) is 3.14. The first-order valence-electron chi connectivity index (χ1n) is 5.89. The minimum absolute atomic E-state index is 0.166. The SMILES string of the molecule is CC(NCc1ccc(F)c(F)c1)c1ccccc1. The zero-order chi connectivity index (χ0) is 13.0. The van der Waals surface area contributed by atoms with Gasteiger partial charge in [0, 0.05) is 12.6 Å². The van der Waals surface area contributed by atoms with E-state index in [4.69, 9.17) is 0 Å². The van der Waals surface area contributed by atoms with Crippen LogP contribution in [-0.2, 0) is 6.54 Å². The van der Waals surface area contributed by atoms with Crippen LogP contribution in [0.25, 0.3) is 0 Å². The Labute approximate surface area is 105 Å². The predicted molar refractivity (Wildman–Crippen MR) is 68.1 cm³/mol. The number of hydrogen-bond acceptors (Lipinski definition) is 1. The Kier molecular flexibility index (Phi) is 4.05. The standard InChI is InChI=1S/C15H15F2N/c1-11(13-5-3-2-4-6-13)18-10-12-7-8-14(16)15(17)9-12/h2-9,11,18H,10H2,1H3. The third-order valence-corrected chi connectivity index (χ3v) is 2.90. The van der Waals surface area contributed by atoms with E-state index in [9.17, 15) is 8.78 Å². The summed E-state index contributed by atoms with van der Waals surface area (Å²) in [4.78, 5) is 0. The van der Waals surface area contributed by atoms with E-state index < -0.39 is 11.6 Å². The van der Waals surface area contributed by atoms with E-state index in [-0.39, 0.29) is 6.04 Å². The molecule has 0 aromatic heterocycles. The van der Waals surface area contributed by atoms with E-state index in [1.165, 1.54) is 11.6 Å². The van der Waals surface area contributed by atoms with Gasteiger partial charge in [-0.25, -0.2) is 8.78 Å². The Bertz CT molecular complexity index is 511. The maximum absolute atomic E-state index is 13.0. The van der Waals surface area contributed by atoms with Crippen molar-refractivity contribution in [3.8, 4) is 0 Å². The van der Waals surface area contributed by atoms with Gasteiger partial charge in [0.2, 0.25) is 0 Å². The van der Waals surface area contributed by atoms with Crippen molar-refractivity contribution >= 4 is 0 Å². The lowest BCUT2D eigenvalue weighted by Crippen LogP contribution is -2.18. The van der Waals surface area contributed by atoms with Crippen molar-refractivity contribution in [2.75, 3.05) is 0 Å². The quantitative estimate of drug-likeness (QED) is 0.866. The lowest BCUT2D eigenvalue weighted by atomic mass is 10.1. The van der Waals surface area contributed by atoms with Gasteiger partial charge in [0.15, 0.2) is 11.6 Å². The maximum Gasteiger partial charge on any atom is 0.159 e. The van der Waals surface area contributed by atoms with Gasteiger partial charge in [0.05, 0.1) is 0 Å². The first-order chi connectivity index (χ1) is 8.66. The molecule has 2 aromatic rings. The predicted octanol–water partition coefficient (Wildman–Crippen LogP) is 3.82. The lowest BCUT2D eigenvalue weighted by Gasteiger charge is -2.14. The highest BCUT2D eigenvalue weighted by Crippen LogP contribution is 2.13. The molecule has 0 spiro atoms. The van der Waals surface area contributed by atoms with Crippen molar-refractivity contribution in [3.05, 3.63) is 71.3 Å². The highest BCUT2D eigenvalue weighted by molar-refractivity contribution is 5.20. The van der Waals surface area contributed by atoms with Crippen LogP contribution in [0.1, 0.15) is 24.1 Å². The van der Waals surface area contributed by atoms with E-state index in [0.29, 0.717) is 6.54 Å². The average Bonchev–Trinajstić information content (AvgIpc) is 2.41. The van der Waals surface area contributed by atoms with E-state index >= 15 is 0 Å². The molecule has 0 aliphatic heterocycles. The molecule has 1 atom stereocenters. The molecule has 0 aliphatic carbocycles. The molecular formula is C15H15F2N. The van der Waals surface area contributed by atoms with Crippen molar-refractivity contribution < 1.29 is 8.78 Å². The van der Waals surface area contributed by atoms with Gasteiger partial charge in [-0.1, -0.05) is 36.4 Å². The summed E-state index contributed by atoms with van der Waals surface area (Å²) in [5.41, 5.74) is 1.90. The molecule has 0 saturated heterocycles. The van der Waals surface area contributed by atoms with Gasteiger partial charge in [-0.05, 0) is 30.2 Å². The van der Waals surface area contributed by atoms with Crippen LogP contribution in [0.2, 0.25) is 0 Å². The van der Waals surface area contributed by atoms with Crippen LogP contribution < -0.4 is 5.32 Å². The van der Waals surface area contributed by atoms with E-state index in [1.54, 1.807) is 6.07 Å². The second-order valence-corrected chi connectivity index (χ2v) is 4.26. The summed E-state index contributed by atoms with van der Waals surface area (Å²) in [6.07, 6.45) is 0. The first kappa shape index (κ1) is 12.7. The molecule has 0 saturated carbocycles. The Morgan fingerprint density at radius 1 is 1.00 bits per heavy atom. The Morgan fingerprint density at radius 3 is 2.39 bits per heavy atom. The van der Waals surface area contributed by atoms with E-state index in [2.05, 4.69) is 5.32 Å². The summed E-state index contributed by atoms with van der Waals surface area (Å²) in [6, 6.07) is 14.1. The summed E-state index contributed by atoms with van der Waals surface area (Å²) in [5.74, 6) is -1.61. The zero-order valence-corrected chi connectivity index (χ0v) is 10.2. The minimum atomic E-state index is -0.810. The van der Waals surface area contributed by atoms with Gasteiger partial charge in [-0.2, -0.15) is 0 Å². The summed E-state index contributed by atoms with van der Waals surface area (Å²) >= 11 is 0. The highest BCUT2D eigenvalue weighted by atomic mass is 19.2. The molecule has 2 aromatic carbocycles. The van der Waals surface area contributed by atoms with Crippen molar-refractivity contribution in [3.63, 3.8) is 0 Å². The Balaban J connectivity index is 1.97. The normalized spacial score (nSPS) is 12.4. The van der Waals surface area contributed by atoms with Gasteiger partial charge >= 0.3 is 0 Å². The van der Waals surface area contributed by atoms with Gasteiger partial charge in [0.25, 0.3) is 0 Å². The van der Waals surface area contributed by atoms with Gasteiger partial charge in [0.1, 0.15) is 0 Å². The van der Waals surface area contributed by atoms with E-state index in [1.807, 2.05) is 37.3 Å². The fraction of sp³-hybridized carbons (Fsp3) is 0.200. The van der Waals surface area contributed by atoms with Crippen LogP contribution in [0.4, 0.5) is 8.78 Å². The fourth-order valence-corrected chi connectivity index (χ4v) is 1.78. The van der Waals surface area contributed by atoms with Crippen molar-refractivity contribution in [2.45, 2.75) is 19.5 Å². The third-order valence-electron chi connectivity index (χ3n) is 2.90. The van der Waals surface area contributed by atoms with Crippen LogP contribution in [0.3, 0.4) is 0 Å². The average molecular weight is 247 g/mol. The van der Waals surface area contributed by atoms with Crippen molar-refractivity contribution in [2.24, 2.45) is 0 Å². The molecule has 94 valence electrons. The second-order valence-electron chi connectivity index (χ2n) is 4.26. The smallest absolute Gasteiger partial charge is 0.159 e. The number of halogens is 2. The lowest BCUT2D eigenvalue weighted by molar-refractivity contribution is 0.504. The Morgan fingerprint density at radius 2 is 1.72 bits per heavy atom. The molecule has 0 heterocycles. The number of nitrogens with one attached hydrogen (secondary N) is 1. The minimum Gasteiger partial charge on any atom is -0.306 e. The van der Waals surface area contributed by atoms with Gasteiger partial charge in [-0.3, -0.25) is 0 Å². The van der Waals surface area contributed by atoms with Crippen LogP contribution in [0.15, 0.2) is 48.5 Å². The van der Waals surface area contributed by atoms with Crippen molar-refractivity contribution in [1.82, 2.24) is 5.32 Å². The molecule has 18 heavy (non-hydrogen) atoms. The molecule has 0 amide bonds. The maximum atomic E-state index is 13.0. The molecule has 0 radical (unpaired) electrons. The van der Waals surface area contributed by atoms with Crippen LogP contribution in [0.5, 0.6) is 0 Å². The molecule has 0 aliphatic rings. The number of benzene rings is 2. The number of rotatable bonds is 4. The second kappa shape index (κ2) is 5.74. The van der Waals surface area contributed by atoms with Crippen molar-refractivity contribution in [1.29, 1.82) is 0 Å². The fourth-order valence-electron chi connectivity index (χ4n) is 1.78. The molecule has 0 bridgehead atoms. The largest absolute Gasteiger partial charge is 0.306 e. The monoisotopic (exact) mass is 247 g/mol. The van der Waals surface area contributed by atoms with Gasteiger partial charge in [-0.15, -0.1) is 0 Å². The number of hydrogen-bond donors (Lipinski definition) is 1. The molecule has 1 unspecified atom stereocenters. The van der Waals surface area contributed by atoms with Crippen LogP contribution in [0, 0.1) is 11.6 Å². The summed E-state index contributed by atoms with van der Waals surface area (Å²) < 4.78 is 25.8. The topological polar surface area (TPSA) is 12.0 Å². The summed E-state index contributed by atoms with van der Waals surface area (Å²) in [5, 5.41) is 3.27. The molecule has 3 heteroatoms. The Hall–Kier alpha value is -1.74. The molecular weight excluding hydrogens is 232 g/mol. The molecule has 1 N–H and O–H groups in total. The van der Waals surface area contributed by atoms with E-state index in [0.717, 1.165) is 11.6 Å². The molecule has 2 rings (SSSR count). The summed E-state index contributed by atoms with van der Waals surface area (Å²) in [6.45, 7) is 2.54. The molecule has 0 fully saturated rings. The molecule has 1 nitrogen and oxygen atoms in total. The van der Waals surface area contributed by atoms with Crippen LogP contribution in [-0.4, -0.2) is 0 Å². The summed E-state index contributed by atoms with van der Waals surface area (Å²) in [7, 11) is 0.